The molecule has 2 nitrogen and oxygen atoms in total. The van der Waals surface area contributed by atoms with Crippen molar-refractivity contribution in [3.8, 4) is 0 Å². The lowest BCUT2D eigenvalue weighted by molar-refractivity contribution is 0.429. The second-order valence-electron chi connectivity index (χ2n) is 5.16. The van der Waals surface area contributed by atoms with E-state index in [1.807, 2.05) is 6.07 Å². The van der Waals surface area contributed by atoms with E-state index >= 15 is 0 Å². The van der Waals surface area contributed by atoms with E-state index < -0.39 is 0 Å². The molecular weight excluding hydrogens is 196 g/mol. The molecule has 1 aromatic rings. The molecule has 0 bridgehead atoms. The largest absolute Gasteiger partial charge is 0.159 e. The fraction of sp³-hybridized carbons (Fsp3) is 0.714. The van der Waals surface area contributed by atoms with E-state index in [9.17, 15) is 0 Å². The predicted octanol–water partition coefficient (Wildman–Crippen LogP) is 4.11. The van der Waals surface area contributed by atoms with Gasteiger partial charge in [-0.3, -0.25) is 0 Å². The second kappa shape index (κ2) is 6.62. The second-order valence-corrected chi connectivity index (χ2v) is 5.16. The van der Waals surface area contributed by atoms with Crippen molar-refractivity contribution in [2.24, 2.45) is 0 Å². The Morgan fingerprint density at radius 3 is 2.50 bits per heavy atom. The summed E-state index contributed by atoms with van der Waals surface area (Å²) in [4.78, 5) is 0. The molecule has 0 saturated carbocycles. The molecular formula is C14H24N2. The maximum atomic E-state index is 4.22. The standard InChI is InChI=1S/C14H24N2/c1-4-5-6-7-8-11-14(2,3)13-10-9-12-15-16-13/h9-10,12H,4-8,11H2,1-3H3. The maximum absolute atomic E-state index is 4.22. The molecule has 0 amide bonds. The molecule has 2 heteroatoms. The van der Waals surface area contributed by atoms with Gasteiger partial charge >= 0.3 is 0 Å². The average molecular weight is 220 g/mol. The molecule has 0 fully saturated rings. The van der Waals surface area contributed by atoms with Gasteiger partial charge in [0.1, 0.15) is 0 Å². The molecule has 16 heavy (non-hydrogen) atoms. The van der Waals surface area contributed by atoms with Crippen molar-refractivity contribution >= 4 is 0 Å². The fourth-order valence-corrected chi connectivity index (χ4v) is 1.96. The zero-order chi connectivity index (χ0) is 11.9. The first-order valence-corrected chi connectivity index (χ1v) is 6.45. The Labute approximate surface area is 99.5 Å². The third kappa shape index (κ3) is 4.30. The van der Waals surface area contributed by atoms with E-state index in [2.05, 4.69) is 37.0 Å². The average Bonchev–Trinajstić information content (AvgIpc) is 2.30. The summed E-state index contributed by atoms with van der Waals surface area (Å²) < 4.78 is 0. The van der Waals surface area contributed by atoms with Crippen LogP contribution in [0.2, 0.25) is 0 Å². The van der Waals surface area contributed by atoms with Crippen LogP contribution in [0, 0.1) is 0 Å². The SMILES string of the molecule is CCCCCCCC(C)(C)c1cccnn1. The van der Waals surface area contributed by atoms with Crippen LogP contribution in [0.15, 0.2) is 18.3 Å². The highest BCUT2D eigenvalue weighted by atomic mass is 15.1. The van der Waals surface area contributed by atoms with Gasteiger partial charge in [0.05, 0.1) is 5.69 Å². The van der Waals surface area contributed by atoms with Crippen molar-refractivity contribution in [1.82, 2.24) is 10.2 Å². The molecule has 90 valence electrons. The van der Waals surface area contributed by atoms with E-state index in [1.54, 1.807) is 6.20 Å². The van der Waals surface area contributed by atoms with Crippen LogP contribution in [0.3, 0.4) is 0 Å². The Balaban J connectivity index is 2.35. The van der Waals surface area contributed by atoms with E-state index in [0.29, 0.717) is 0 Å². The molecule has 1 aromatic heterocycles. The fourth-order valence-electron chi connectivity index (χ4n) is 1.96. The summed E-state index contributed by atoms with van der Waals surface area (Å²) >= 11 is 0. The van der Waals surface area contributed by atoms with Gasteiger partial charge in [-0.1, -0.05) is 52.9 Å². The molecule has 0 atom stereocenters. The van der Waals surface area contributed by atoms with Gasteiger partial charge in [-0.05, 0) is 18.6 Å². The molecule has 0 saturated heterocycles. The zero-order valence-electron chi connectivity index (χ0n) is 10.9. The van der Waals surface area contributed by atoms with Gasteiger partial charge in [0.15, 0.2) is 0 Å². The third-order valence-corrected chi connectivity index (χ3v) is 3.17. The van der Waals surface area contributed by atoms with Gasteiger partial charge in [0.2, 0.25) is 0 Å². The lowest BCUT2D eigenvalue weighted by Gasteiger charge is -2.23. The molecule has 1 rings (SSSR count). The van der Waals surface area contributed by atoms with Crippen LogP contribution in [0.5, 0.6) is 0 Å². The molecule has 0 N–H and O–H groups in total. The maximum Gasteiger partial charge on any atom is 0.0687 e. The van der Waals surface area contributed by atoms with Gasteiger partial charge in [-0.2, -0.15) is 10.2 Å². The molecule has 0 aliphatic heterocycles. The molecule has 0 radical (unpaired) electrons. The van der Waals surface area contributed by atoms with Crippen molar-refractivity contribution < 1.29 is 0 Å². The Bertz CT molecular complexity index is 280. The molecule has 1 heterocycles. The van der Waals surface area contributed by atoms with Crippen LogP contribution in [0.25, 0.3) is 0 Å². The first-order chi connectivity index (χ1) is 7.67. The lowest BCUT2D eigenvalue weighted by atomic mass is 9.83. The van der Waals surface area contributed by atoms with Crippen LogP contribution in [-0.2, 0) is 5.41 Å². The Hall–Kier alpha value is -0.920. The van der Waals surface area contributed by atoms with Crippen molar-refractivity contribution in [3.63, 3.8) is 0 Å². The van der Waals surface area contributed by atoms with Crippen molar-refractivity contribution in [3.05, 3.63) is 24.0 Å². The Morgan fingerprint density at radius 1 is 1.12 bits per heavy atom. The highest BCUT2D eigenvalue weighted by molar-refractivity contribution is 5.11. The lowest BCUT2D eigenvalue weighted by Crippen LogP contribution is -2.19. The van der Waals surface area contributed by atoms with Crippen LogP contribution in [0.1, 0.15) is 65.0 Å². The van der Waals surface area contributed by atoms with Crippen LogP contribution < -0.4 is 0 Å². The Morgan fingerprint density at radius 2 is 1.88 bits per heavy atom. The molecule has 0 aliphatic carbocycles. The smallest absolute Gasteiger partial charge is 0.0687 e. The molecule has 0 unspecified atom stereocenters. The number of aromatic nitrogens is 2. The van der Waals surface area contributed by atoms with Crippen molar-refractivity contribution in [2.75, 3.05) is 0 Å². The minimum absolute atomic E-state index is 0.167. The Kier molecular flexibility index (Phi) is 5.44. The molecule has 0 spiro atoms. The van der Waals surface area contributed by atoms with Crippen LogP contribution in [0.4, 0.5) is 0 Å². The highest BCUT2D eigenvalue weighted by Gasteiger charge is 2.21. The summed E-state index contributed by atoms with van der Waals surface area (Å²) in [5.74, 6) is 0. The third-order valence-electron chi connectivity index (χ3n) is 3.17. The minimum Gasteiger partial charge on any atom is -0.159 e. The van der Waals surface area contributed by atoms with Gasteiger partial charge in [-0.25, -0.2) is 0 Å². The van der Waals surface area contributed by atoms with Gasteiger partial charge in [-0.15, -0.1) is 0 Å². The summed E-state index contributed by atoms with van der Waals surface area (Å²) in [6, 6.07) is 4.06. The zero-order valence-corrected chi connectivity index (χ0v) is 10.9. The van der Waals surface area contributed by atoms with Gasteiger partial charge < -0.3 is 0 Å². The quantitative estimate of drug-likeness (QED) is 0.646. The highest BCUT2D eigenvalue weighted by Crippen LogP contribution is 2.27. The first-order valence-electron chi connectivity index (χ1n) is 6.45. The molecule has 0 aliphatic rings. The van der Waals surface area contributed by atoms with Gasteiger partial charge in [0.25, 0.3) is 0 Å². The topological polar surface area (TPSA) is 25.8 Å². The number of hydrogen-bond acceptors (Lipinski definition) is 2. The normalized spacial score (nSPS) is 11.7. The molecule has 0 aromatic carbocycles. The predicted molar refractivity (Wildman–Crippen MR) is 68.4 cm³/mol. The number of nitrogens with zero attached hydrogens (tertiary/aromatic N) is 2. The summed E-state index contributed by atoms with van der Waals surface area (Å²) in [7, 11) is 0. The summed E-state index contributed by atoms with van der Waals surface area (Å²) in [5.41, 5.74) is 1.28. The number of rotatable bonds is 7. The van der Waals surface area contributed by atoms with Crippen LogP contribution in [-0.4, -0.2) is 10.2 Å². The van der Waals surface area contributed by atoms with E-state index in [-0.39, 0.29) is 5.41 Å². The van der Waals surface area contributed by atoms with E-state index in [0.717, 1.165) is 5.69 Å². The van der Waals surface area contributed by atoms with Gasteiger partial charge in [0, 0.05) is 11.6 Å². The van der Waals surface area contributed by atoms with Crippen LogP contribution >= 0.6 is 0 Å². The van der Waals surface area contributed by atoms with E-state index in [4.69, 9.17) is 0 Å². The minimum atomic E-state index is 0.167. The number of hydrogen-bond donors (Lipinski definition) is 0. The number of unbranched alkanes of at least 4 members (excludes halogenated alkanes) is 4. The summed E-state index contributed by atoms with van der Waals surface area (Å²) in [5, 5.41) is 8.17. The monoisotopic (exact) mass is 220 g/mol. The van der Waals surface area contributed by atoms with Crippen molar-refractivity contribution in [2.45, 2.75) is 64.7 Å². The summed E-state index contributed by atoms with van der Waals surface area (Å²) in [6.45, 7) is 6.77. The van der Waals surface area contributed by atoms with Crippen molar-refractivity contribution in [1.29, 1.82) is 0 Å². The first kappa shape index (κ1) is 13.1. The summed E-state index contributed by atoms with van der Waals surface area (Å²) in [6.07, 6.45) is 9.63. The van der Waals surface area contributed by atoms with E-state index in [1.165, 1.54) is 38.5 Å².